The number of hydrogen-bond acceptors (Lipinski definition) is 2. The standard InChI is InChI=1S/C10H19NO/c1-4-10-6-5-7-11(10)8(2)9(3)12/h8,10H,4-7H2,1-3H3. The number of Topliss-reactive ketones (excluding diaryl/α,β-unsaturated/α-hetero) is 1. The third-order valence-electron chi connectivity index (χ3n) is 2.98. The number of rotatable bonds is 3. The monoisotopic (exact) mass is 169 g/mol. The Bertz CT molecular complexity index is 167. The van der Waals surface area contributed by atoms with Gasteiger partial charge in [-0.2, -0.15) is 0 Å². The van der Waals surface area contributed by atoms with E-state index in [-0.39, 0.29) is 6.04 Å². The molecular formula is C10H19NO. The Labute approximate surface area is 74.9 Å². The lowest BCUT2D eigenvalue weighted by atomic mass is 10.1. The number of ketones is 1. The summed E-state index contributed by atoms with van der Waals surface area (Å²) in [6.07, 6.45) is 3.71. The fourth-order valence-electron chi connectivity index (χ4n) is 2.04. The van der Waals surface area contributed by atoms with E-state index in [1.807, 2.05) is 6.92 Å². The first-order valence-electron chi connectivity index (χ1n) is 4.93. The Balaban J connectivity index is 2.55. The van der Waals surface area contributed by atoms with Crippen molar-refractivity contribution in [1.29, 1.82) is 0 Å². The summed E-state index contributed by atoms with van der Waals surface area (Å²) in [6.45, 7) is 7.03. The summed E-state index contributed by atoms with van der Waals surface area (Å²) in [5, 5.41) is 0. The van der Waals surface area contributed by atoms with Crippen molar-refractivity contribution in [3.63, 3.8) is 0 Å². The molecule has 1 rings (SSSR count). The summed E-state index contributed by atoms with van der Waals surface area (Å²) >= 11 is 0. The fraction of sp³-hybridized carbons (Fsp3) is 0.900. The molecule has 0 aromatic carbocycles. The predicted octanol–water partition coefficient (Wildman–Crippen LogP) is 1.84. The highest BCUT2D eigenvalue weighted by atomic mass is 16.1. The molecule has 2 unspecified atom stereocenters. The van der Waals surface area contributed by atoms with E-state index in [9.17, 15) is 4.79 Å². The van der Waals surface area contributed by atoms with Crippen LogP contribution in [0.3, 0.4) is 0 Å². The van der Waals surface area contributed by atoms with Crippen LogP contribution in [0.4, 0.5) is 0 Å². The summed E-state index contributed by atoms with van der Waals surface area (Å²) in [5.74, 6) is 0.301. The van der Waals surface area contributed by atoms with Gasteiger partial charge in [0, 0.05) is 6.04 Å². The van der Waals surface area contributed by atoms with Crippen LogP contribution < -0.4 is 0 Å². The van der Waals surface area contributed by atoms with Crippen LogP contribution in [0.2, 0.25) is 0 Å². The predicted molar refractivity (Wildman–Crippen MR) is 50.2 cm³/mol. The topological polar surface area (TPSA) is 20.3 Å². The van der Waals surface area contributed by atoms with E-state index in [2.05, 4.69) is 11.8 Å². The first-order chi connectivity index (χ1) is 5.66. The lowest BCUT2D eigenvalue weighted by Crippen LogP contribution is -2.40. The molecule has 1 fully saturated rings. The molecule has 1 heterocycles. The second-order valence-corrected chi connectivity index (χ2v) is 3.73. The smallest absolute Gasteiger partial charge is 0.146 e. The first-order valence-corrected chi connectivity index (χ1v) is 4.93. The van der Waals surface area contributed by atoms with E-state index in [0.717, 1.165) is 6.54 Å². The van der Waals surface area contributed by atoms with Crippen molar-refractivity contribution in [2.45, 2.75) is 52.1 Å². The molecule has 0 aromatic rings. The van der Waals surface area contributed by atoms with E-state index >= 15 is 0 Å². The molecule has 0 bridgehead atoms. The highest BCUT2D eigenvalue weighted by Gasteiger charge is 2.28. The molecule has 70 valence electrons. The maximum atomic E-state index is 11.2. The normalized spacial score (nSPS) is 27.4. The van der Waals surface area contributed by atoms with Crippen LogP contribution in [-0.4, -0.2) is 29.3 Å². The van der Waals surface area contributed by atoms with Crippen molar-refractivity contribution in [2.75, 3.05) is 6.54 Å². The summed E-state index contributed by atoms with van der Waals surface area (Å²) in [6, 6.07) is 0.793. The van der Waals surface area contributed by atoms with Crippen molar-refractivity contribution in [3.8, 4) is 0 Å². The average Bonchev–Trinajstić information content (AvgIpc) is 2.49. The van der Waals surface area contributed by atoms with E-state index in [0.29, 0.717) is 11.8 Å². The lowest BCUT2D eigenvalue weighted by molar-refractivity contribution is -0.121. The third kappa shape index (κ3) is 1.86. The van der Waals surface area contributed by atoms with Crippen molar-refractivity contribution in [3.05, 3.63) is 0 Å². The molecule has 12 heavy (non-hydrogen) atoms. The highest BCUT2D eigenvalue weighted by Crippen LogP contribution is 2.22. The molecule has 1 aliphatic heterocycles. The number of likely N-dealkylation sites (tertiary alicyclic amines) is 1. The summed E-state index contributed by atoms with van der Waals surface area (Å²) in [5.41, 5.74) is 0. The maximum absolute atomic E-state index is 11.2. The van der Waals surface area contributed by atoms with E-state index < -0.39 is 0 Å². The molecule has 2 nitrogen and oxygen atoms in total. The van der Waals surface area contributed by atoms with Crippen molar-refractivity contribution >= 4 is 5.78 Å². The highest BCUT2D eigenvalue weighted by molar-refractivity contribution is 5.81. The van der Waals surface area contributed by atoms with Gasteiger partial charge in [-0.1, -0.05) is 6.92 Å². The number of nitrogens with zero attached hydrogens (tertiary/aromatic N) is 1. The third-order valence-corrected chi connectivity index (χ3v) is 2.98. The molecule has 0 N–H and O–H groups in total. The molecule has 0 amide bonds. The van der Waals surface area contributed by atoms with Crippen LogP contribution in [-0.2, 0) is 4.79 Å². The van der Waals surface area contributed by atoms with Gasteiger partial charge >= 0.3 is 0 Å². The van der Waals surface area contributed by atoms with Gasteiger partial charge in [0.1, 0.15) is 5.78 Å². The Hall–Kier alpha value is -0.370. The zero-order chi connectivity index (χ0) is 9.14. The Morgan fingerprint density at radius 3 is 2.83 bits per heavy atom. The molecule has 0 radical (unpaired) electrons. The molecule has 2 atom stereocenters. The van der Waals surface area contributed by atoms with Crippen LogP contribution in [0.15, 0.2) is 0 Å². The first kappa shape index (κ1) is 9.72. The maximum Gasteiger partial charge on any atom is 0.146 e. The van der Waals surface area contributed by atoms with Gasteiger partial charge in [0.05, 0.1) is 6.04 Å². The second kappa shape index (κ2) is 4.04. The van der Waals surface area contributed by atoms with Crippen molar-refractivity contribution < 1.29 is 4.79 Å². The molecule has 1 aliphatic rings. The summed E-state index contributed by atoms with van der Waals surface area (Å²) in [4.78, 5) is 13.5. The van der Waals surface area contributed by atoms with Crippen LogP contribution in [0.5, 0.6) is 0 Å². The zero-order valence-electron chi connectivity index (χ0n) is 8.34. The summed E-state index contributed by atoms with van der Waals surface area (Å²) in [7, 11) is 0. The van der Waals surface area contributed by atoms with Gasteiger partial charge in [0.15, 0.2) is 0 Å². The van der Waals surface area contributed by atoms with Crippen LogP contribution >= 0.6 is 0 Å². The minimum atomic E-state index is 0.137. The Morgan fingerprint density at radius 1 is 1.67 bits per heavy atom. The van der Waals surface area contributed by atoms with Gasteiger partial charge in [-0.05, 0) is 39.7 Å². The van der Waals surface area contributed by atoms with E-state index in [1.54, 1.807) is 6.92 Å². The minimum absolute atomic E-state index is 0.137. The number of hydrogen-bond donors (Lipinski definition) is 0. The SMILES string of the molecule is CCC1CCCN1C(C)C(C)=O. The second-order valence-electron chi connectivity index (χ2n) is 3.73. The molecule has 0 aromatic heterocycles. The van der Waals surface area contributed by atoms with Gasteiger partial charge in [0.2, 0.25) is 0 Å². The van der Waals surface area contributed by atoms with Gasteiger partial charge in [-0.15, -0.1) is 0 Å². The molecule has 0 saturated carbocycles. The van der Waals surface area contributed by atoms with E-state index in [4.69, 9.17) is 0 Å². The van der Waals surface area contributed by atoms with Crippen LogP contribution in [0.1, 0.15) is 40.0 Å². The summed E-state index contributed by atoms with van der Waals surface area (Å²) < 4.78 is 0. The average molecular weight is 169 g/mol. The van der Waals surface area contributed by atoms with Gasteiger partial charge in [-0.25, -0.2) is 0 Å². The molecule has 1 saturated heterocycles. The zero-order valence-corrected chi connectivity index (χ0v) is 8.34. The fourth-order valence-corrected chi connectivity index (χ4v) is 2.04. The molecule has 0 spiro atoms. The van der Waals surface area contributed by atoms with E-state index in [1.165, 1.54) is 19.3 Å². The molecule has 2 heteroatoms. The number of carbonyl (C=O) groups excluding carboxylic acids is 1. The minimum Gasteiger partial charge on any atom is -0.298 e. The molecule has 0 aliphatic carbocycles. The van der Waals surface area contributed by atoms with Gasteiger partial charge in [0.25, 0.3) is 0 Å². The largest absolute Gasteiger partial charge is 0.298 e. The van der Waals surface area contributed by atoms with Crippen molar-refractivity contribution in [2.24, 2.45) is 0 Å². The quantitative estimate of drug-likeness (QED) is 0.642. The number of carbonyl (C=O) groups is 1. The Kier molecular flexibility index (Phi) is 3.27. The lowest BCUT2D eigenvalue weighted by Gasteiger charge is -2.28. The Morgan fingerprint density at radius 2 is 2.33 bits per heavy atom. The van der Waals surface area contributed by atoms with Gasteiger partial charge in [-0.3, -0.25) is 9.69 Å². The van der Waals surface area contributed by atoms with Crippen molar-refractivity contribution in [1.82, 2.24) is 4.90 Å². The van der Waals surface area contributed by atoms with Crippen LogP contribution in [0, 0.1) is 0 Å². The molecular weight excluding hydrogens is 150 g/mol. The van der Waals surface area contributed by atoms with Gasteiger partial charge < -0.3 is 0 Å². The van der Waals surface area contributed by atoms with Crippen LogP contribution in [0.25, 0.3) is 0 Å².